The average molecular weight is 508 g/mol. The van der Waals surface area contributed by atoms with E-state index in [-0.39, 0.29) is 17.8 Å². The molecule has 0 spiro atoms. The second-order valence-corrected chi connectivity index (χ2v) is 9.47. The summed E-state index contributed by atoms with van der Waals surface area (Å²) in [6.45, 7) is 5.81. The number of urea groups is 1. The van der Waals surface area contributed by atoms with E-state index in [0.29, 0.717) is 43.0 Å². The molecular formula is C28H37N5O4. The minimum absolute atomic E-state index is 0.000601. The van der Waals surface area contributed by atoms with Gasteiger partial charge in [-0.3, -0.25) is 9.59 Å². The van der Waals surface area contributed by atoms with E-state index in [1.165, 1.54) is 0 Å². The lowest BCUT2D eigenvalue weighted by atomic mass is 10.1. The lowest BCUT2D eigenvalue weighted by Crippen LogP contribution is -2.39. The van der Waals surface area contributed by atoms with Crippen molar-refractivity contribution >= 4 is 34.9 Å². The van der Waals surface area contributed by atoms with E-state index < -0.39 is 0 Å². The predicted octanol–water partition coefficient (Wildman–Crippen LogP) is 4.41. The van der Waals surface area contributed by atoms with Crippen molar-refractivity contribution in [3.63, 3.8) is 0 Å². The number of nitrogens with one attached hydrogen (secondary N) is 2. The summed E-state index contributed by atoms with van der Waals surface area (Å²) in [6, 6.07) is 12.7. The summed E-state index contributed by atoms with van der Waals surface area (Å²) >= 11 is 0. The Morgan fingerprint density at radius 2 is 1.49 bits per heavy atom. The molecule has 0 bridgehead atoms. The van der Waals surface area contributed by atoms with E-state index in [1.807, 2.05) is 46.2 Å². The number of ether oxygens (including phenoxy) is 1. The van der Waals surface area contributed by atoms with Gasteiger partial charge in [0.1, 0.15) is 5.75 Å². The molecule has 0 atom stereocenters. The standard InChI is InChI=1S/C28H37N5O4/c1-3-26(34)29-22-10-13-25(24(20-22)27(35)32-14-5-4-6-15-32)31-16-7-17-33(19-18-31)28(36)30-21-8-11-23(37-2)12-9-21/h8-13,20H,3-7,14-19H2,1-2H3,(H,29,34)(H,30,36). The first-order valence-electron chi connectivity index (χ1n) is 13.2. The Hall–Kier alpha value is -3.75. The molecule has 0 radical (unpaired) electrons. The molecule has 0 aliphatic carbocycles. The first-order valence-corrected chi connectivity index (χ1v) is 13.2. The number of rotatable bonds is 6. The maximum atomic E-state index is 13.6. The Morgan fingerprint density at radius 3 is 2.19 bits per heavy atom. The van der Waals surface area contributed by atoms with Crippen LogP contribution in [0.3, 0.4) is 0 Å². The second-order valence-electron chi connectivity index (χ2n) is 9.47. The van der Waals surface area contributed by atoms with Gasteiger partial charge in [0.15, 0.2) is 0 Å². The fourth-order valence-electron chi connectivity index (χ4n) is 4.82. The summed E-state index contributed by atoms with van der Waals surface area (Å²) in [4.78, 5) is 44.4. The van der Waals surface area contributed by atoms with Crippen LogP contribution in [0.4, 0.5) is 21.9 Å². The molecule has 4 rings (SSSR count). The second kappa shape index (κ2) is 12.5. The molecule has 2 saturated heterocycles. The van der Waals surface area contributed by atoms with Gasteiger partial charge in [0, 0.05) is 62.8 Å². The van der Waals surface area contributed by atoms with Crippen LogP contribution in [0.25, 0.3) is 0 Å². The largest absolute Gasteiger partial charge is 0.497 e. The molecule has 2 aromatic carbocycles. The number of piperidine rings is 1. The maximum absolute atomic E-state index is 13.6. The topological polar surface area (TPSA) is 94.2 Å². The van der Waals surface area contributed by atoms with Crippen molar-refractivity contribution in [1.29, 1.82) is 0 Å². The minimum atomic E-state index is -0.144. The highest BCUT2D eigenvalue weighted by Gasteiger charge is 2.26. The normalized spacial score (nSPS) is 16.1. The Kier molecular flexibility index (Phi) is 8.87. The smallest absolute Gasteiger partial charge is 0.321 e. The lowest BCUT2D eigenvalue weighted by molar-refractivity contribution is -0.115. The molecule has 9 heteroatoms. The molecule has 37 heavy (non-hydrogen) atoms. The molecular weight excluding hydrogens is 470 g/mol. The number of likely N-dealkylation sites (tertiary alicyclic amines) is 1. The van der Waals surface area contributed by atoms with E-state index in [2.05, 4.69) is 15.5 Å². The molecule has 2 aromatic rings. The van der Waals surface area contributed by atoms with Crippen molar-refractivity contribution in [1.82, 2.24) is 9.80 Å². The summed E-state index contributed by atoms with van der Waals surface area (Å²) in [6.07, 6.45) is 4.31. The number of hydrogen-bond acceptors (Lipinski definition) is 5. The quantitative estimate of drug-likeness (QED) is 0.604. The number of carbonyl (C=O) groups is 3. The molecule has 2 heterocycles. The summed E-state index contributed by atoms with van der Waals surface area (Å²) in [5.74, 6) is 0.650. The van der Waals surface area contributed by atoms with Gasteiger partial charge in [0.2, 0.25) is 5.91 Å². The van der Waals surface area contributed by atoms with E-state index in [0.717, 1.165) is 56.8 Å². The summed E-state index contributed by atoms with van der Waals surface area (Å²) in [7, 11) is 1.61. The molecule has 4 amide bonds. The highest BCUT2D eigenvalue weighted by atomic mass is 16.5. The van der Waals surface area contributed by atoms with Crippen LogP contribution in [-0.4, -0.2) is 74.0 Å². The number of methoxy groups -OCH3 is 1. The monoisotopic (exact) mass is 507 g/mol. The molecule has 2 aliphatic heterocycles. The predicted molar refractivity (Wildman–Crippen MR) is 146 cm³/mol. The Morgan fingerprint density at radius 1 is 0.784 bits per heavy atom. The molecule has 0 saturated carbocycles. The maximum Gasteiger partial charge on any atom is 0.321 e. The van der Waals surface area contributed by atoms with Gasteiger partial charge in [-0.2, -0.15) is 0 Å². The van der Waals surface area contributed by atoms with Crippen molar-refractivity contribution in [2.24, 2.45) is 0 Å². The Bertz CT molecular complexity index is 1100. The van der Waals surface area contributed by atoms with Crippen LogP contribution < -0.4 is 20.3 Å². The van der Waals surface area contributed by atoms with Crippen LogP contribution in [0.1, 0.15) is 49.4 Å². The Balaban J connectivity index is 1.49. The van der Waals surface area contributed by atoms with Crippen LogP contribution in [0.5, 0.6) is 5.75 Å². The van der Waals surface area contributed by atoms with Crippen molar-refractivity contribution in [3.05, 3.63) is 48.0 Å². The van der Waals surface area contributed by atoms with Crippen LogP contribution in [-0.2, 0) is 4.79 Å². The molecule has 0 aromatic heterocycles. The molecule has 2 fully saturated rings. The molecule has 198 valence electrons. The van der Waals surface area contributed by atoms with E-state index in [4.69, 9.17) is 4.74 Å². The highest BCUT2D eigenvalue weighted by Crippen LogP contribution is 2.28. The third-order valence-corrected chi connectivity index (χ3v) is 6.94. The van der Waals surface area contributed by atoms with E-state index in [9.17, 15) is 14.4 Å². The van der Waals surface area contributed by atoms with Gasteiger partial charge >= 0.3 is 6.03 Å². The van der Waals surface area contributed by atoms with Crippen molar-refractivity contribution in [2.75, 3.05) is 61.9 Å². The minimum Gasteiger partial charge on any atom is -0.497 e. The number of amides is 4. The molecule has 9 nitrogen and oxygen atoms in total. The summed E-state index contributed by atoms with van der Waals surface area (Å²) in [5.41, 5.74) is 2.80. The lowest BCUT2D eigenvalue weighted by Gasteiger charge is -2.30. The van der Waals surface area contributed by atoms with Crippen molar-refractivity contribution in [3.8, 4) is 5.75 Å². The van der Waals surface area contributed by atoms with Gasteiger partial charge in [0.05, 0.1) is 12.7 Å². The first kappa shape index (κ1) is 26.3. The van der Waals surface area contributed by atoms with Gasteiger partial charge in [-0.05, 0) is 68.1 Å². The SMILES string of the molecule is CCC(=O)Nc1ccc(N2CCCN(C(=O)Nc3ccc(OC)cc3)CC2)c(C(=O)N2CCCCC2)c1. The third-order valence-electron chi connectivity index (χ3n) is 6.94. The molecule has 0 unspecified atom stereocenters. The number of nitrogens with zero attached hydrogens (tertiary/aromatic N) is 3. The van der Waals surface area contributed by atoms with Crippen LogP contribution in [0, 0.1) is 0 Å². The molecule has 2 aliphatic rings. The van der Waals surface area contributed by atoms with Crippen molar-refractivity contribution in [2.45, 2.75) is 39.0 Å². The van der Waals surface area contributed by atoms with Crippen LogP contribution >= 0.6 is 0 Å². The highest BCUT2D eigenvalue weighted by molar-refractivity contribution is 6.02. The van der Waals surface area contributed by atoms with E-state index in [1.54, 1.807) is 20.1 Å². The summed E-state index contributed by atoms with van der Waals surface area (Å²) < 4.78 is 5.18. The van der Waals surface area contributed by atoms with Crippen molar-refractivity contribution < 1.29 is 19.1 Å². The Labute approximate surface area is 218 Å². The third kappa shape index (κ3) is 6.72. The zero-order chi connectivity index (χ0) is 26.2. The zero-order valence-corrected chi connectivity index (χ0v) is 21.8. The molecule has 2 N–H and O–H groups in total. The van der Waals surface area contributed by atoms with Gasteiger partial charge in [-0.15, -0.1) is 0 Å². The first-order chi connectivity index (χ1) is 18.0. The van der Waals surface area contributed by atoms with Gasteiger partial charge < -0.3 is 30.1 Å². The average Bonchev–Trinajstić information content (AvgIpc) is 3.20. The number of anilines is 3. The van der Waals surface area contributed by atoms with Gasteiger partial charge in [0.25, 0.3) is 5.91 Å². The van der Waals surface area contributed by atoms with Crippen LogP contribution in [0.15, 0.2) is 42.5 Å². The van der Waals surface area contributed by atoms with Gasteiger partial charge in [-0.25, -0.2) is 4.79 Å². The summed E-state index contributed by atoms with van der Waals surface area (Å²) in [5, 5.41) is 5.85. The van der Waals surface area contributed by atoms with Crippen LogP contribution in [0.2, 0.25) is 0 Å². The van der Waals surface area contributed by atoms with Gasteiger partial charge in [-0.1, -0.05) is 6.92 Å². The number of carbonyl (C=O) groups excluding carboxylic acids is 3. The fraction of sp³-hybridized carbons (Fsp3) is 0.464. The van der Waals surface area contributed by atoms with E-state index >= 15 is 0 Å². The zero-order valence-electron chi connectivity index (χ0n) is 21.8. The fourth-order valence-corrected chi connectivity index (χ4v) is 4.82. The number of hydrogen-bond donors (Lipinski definition) is 2. The number of benzene rings is 2.